The summed E-state index contributed by atoms with van der Waals surface area (Å²) in [5, 5.41) is 11.1. The minimum absolute atomic E-state index is 0.0680. The zero-order valence-electron chi connectivity index (χ0n) is 8.57. The van der Waals surface area contributed by atoms with Gasteiger partial charge in [-0.1, -0.05) is 13.8 Å². The molecule has 1 fully saturated rings. The lowest BCUT2D eigenvalue weighted by molar-refractivity contribution is -0.139. The Bertz CT molecular complexity index is 378. The van der Waals surface area contributed by atoms with E-state index in [1.165, 1.54) is 10.4 Å². The topological polar surface area (TPSA) is 37.3 Å². The molecule has 1 aromatic heterocycles. The van der Waals surface area contributed by atoms with Gasteiger partial charge in [0.05, 0.1) is 5.92 Å². The molecule has 0 bridgehead atoms. The summed E-state index contributed by atoms with van der Waals surface area (Å²) in [4.78, 5) is 12.3. The second-order valence-electron chi connectivity index (χ2n) is 4.58. The monoisotopic (exact) mass is 210 g/mol. The van der Waals surface area contributed by atoms with Crippen molar-refractivity contribution >= 4 is 17.3 Å². The number of rotatable bonds is 2. The summed E-state index contributed by atoms with van der Waals surface area (Å²) in [5.74, 6) is -0.632. The molecule has 0 spiro atoms. The van der Waals surface area contributed by atoms with E-state index in [2.05, 4.69) is 13.0 Å². The van der Waals surface area contributed by atoms with E-state index in [-0.39, 0.29) is 17.3 Å². The minimum Gasteiger partial charge on any atom is -0.481 e. The van der Waals surface area contributed by atoms with Gasteiger partial charge in [-0.05, 0) is 29.3 Å². The maximum Gasteiger partial charge on any atom is 0.307 e. The average molecular weight is 210 g/mol. The quantitative estimate of drug-likeness (QED) is 0.815. The van der Waals surface area contributed by atoms with Crippen molar-refractivity contribution < 1.29 is 9.90 Å². The van der Waals surface area contributed by atoms with Gasteiger partial charge in [0.25, 0.3) is 0 Å². The summed E-state index contributed by atoms with van der Waals surface area (Å²) in [5.41, 5.74) is 1.17. The van der Waals surface area contributed by atoms with Crippen LogP contribution in [0.4, 0.5) is 0 Å². The predicted molar refractivity (Wildman–Crippen MR) is 56.7 cm³/mol. The lowest BCUT2D eigenvalue weighted by atomic mass is 10.1. The Morgan fingerprint density at radius 1 is 1.57 bits per heavy atom. The molecule has 1 N–H and O–H groups in total. The summed E-state index contributed by atoms with van der Waals surface area (Å²) in [7, 11) is 0. The fourth-order valence-electron chi connectivity index (χ4n) is 2.29. The van der Waals surface area contributed by atoms with Gasteiger partial charge < -0.3 is 5.11 Å². The molecule has 1 aromatic rings. The molecule has 0 saturated heterocycles. The number of carboxylic acids is 1. The molecule has 0 aliphatic heterocycles. The fraction of sp³-hybridized carbons (Fsp3) is 0.545. The Hall–Kier alpha value is -0.830. The SMILES string of the molecule is Cc1ccsc1[C@H]1[C@H](C(=O)O)C1(C)C. The third-order valence-electron chi connectivity index (χ3n) is 3.28. The molecule has 1 heterocycles. The predicted octanol–water partition coefficient (Wildman–Crippen LogP) is 2.88. The van der Waals surface area contributed by atoms with Crippen LogP contribution in [0.25, 0.3) is 0 Å². The molecule has 1 saturated carbocycles. The van der Waals surface area contributed by atoms with Crippen LogP contribution in [-0.2, 0) is 4.79 Å². The highest BCUT2D eigenvalue weighted by atomic mass is 32.1. The Morgan fingerprint density at radius 3 is 2.57 bits per heavy atom. The molecule has 2 nitrogen and oxygen atoms in total. The van der Waals surface area contributed by atoms with Gasteiger partial charge in [-0.25, -0.2) is 0 Å². The van der Waals surface area contributed by atoms with E-state index in [9.17, 15) is 4.79 Å². The van der Waals surface area contributed by atoms with Gasteiger partial charge in [0.2, 0.25) is 0 Å². The number of carbonyl (C=O) groups is 1. The van der Waals surface area contributed by atoms with E-state index in [0.29, 0.717) is 0 Å². The molecule has 0 aromatic carbocycles. The van der Waals surface area contributed by atoms with E-state index in [1.807, 2.05) is 19.2 Å². The Kier molecular flexibility index (Phi) is 1.96. The van der Waals surface area contributed by atoms with E-state index >= 15 is 0 Å². The van der Waals surface area contributed by atoms with Crippen molar-refractivity contribution in [2.45, 2.75) is 26.7 Å². The molecule has 2 atom stereocenters. The van der Waals surface area contributed by atoms with Gasteiger partial charge in [-0.15, -0.1) is 11.3 Å². The first-order valence-corrected chi connectivity index (χ1v) is 5.61. The number of aryl methyl sites for hydroxylation is 1. The van der Waals surface area contributed by atoms with E-state index in [0.717, 1.165) is 0 Å². The maximum atomic E-state index is 11.0. The van der Waals surface area contributed by atoms with Gasteiger partial charge >= 0.3 is 5.97 Å². The van der Waals surface area contributed by atoms with Crippen molar-refractivity contribution in [2.24, 2.45) is 11.3 Å². The Morgan fingerprint density at radius 2 is 2.21 bits per heavy atom. The van der Waals surface area contributed by atoms with Crippen molar-refractivity contribution in [3.8, 4) is 0 Å². The molecule has 1 aliphatic carbocycles. The van der Waals surface area contributed by atoms with Crippen molar-refractivity contribution in [3.05, 3.63) is 21.9 Å². The first kappa shape index (κ1) is 9.71. The number of thiophene rings is 1. The second kappa shape index (κ2) is 2.83. The largest absolute Gasteiger partial charge is 0.481 e. The van der Waals surface area contributed by atoms with Crippen LogP contribution in [0.5, 0.6) is 0 Å². The number of hydrogen-bond donors (Lipinski definition) is 1. The van der Waals surface area contributed by atoms with Crippen LogP contribution in [0.15, 0.2) is 11.4 Å². The van der Waals surface area contributed by atoms with Gasteiger partial charge in [-0.3, -0.25) is 4.79 Å². The minimum atomic E-state index is -0.659. The molecular formula is C11H14O2S. The van der Waals surface area contributed by atoms with Gasteiger partial charge in [-0.2, -0.15) is 0 Å². The summed E-state index contributed by atoms with van der Waals surface area (Å²) in [6.45, 7) is 6.13. The normalized spacial score (nSPS) is 28.8. The van der Waals surface area contributed by atoms with Crippen molar-refractivity contribution in [1.29, 1.82) is 0 Å². The highest BCUT2D eigenvalue weighted by Crippen LogP contribution is 2.65. The lowest BCUT2D eigenvalue weighted by Gasteiger charge is -2.00. The number of hydrogen-bond acceptors (Lipinski definition) is 2. The highest BCUT2D eigenvalue weighted by molar-refractivity contribution is 7.10. The lowest BCUT2D eigenvalue weighted by Crippen LogP contribution is -2.03. The maximum absolute atomic E-state index is 11.0. The van der Waals surface area contributed by atoms with Crippen molar-refractivity contribution in [2.75, 3.05) is 0 Å². The van der Waals surface area contributed by atoms with E-state index in [1.54, 1.807) is 11.3 Å². The van der Waals surface area contributed by atoms with Crippen LogP contribution in [0.1, 0.15) is 30.2 Å². The summed E-state index contributed by atoms with van der Waals surface area (Å²) in [6, 6.07) is 2.06. The fourth-order valence-corrected chi connectivity index (χ4v) is 3.55. The standard InChI is InChI=1S/C11H14O2S/c1-6-4-5-14-9(6)7-8(10(12)13)11(7,2)3/h4-5,7-8H,1-3H3,(H,12,13)/t7-,8-/m1/s1. The number of aliphatic carboxylic acids is 1. The molecular weight excluding hydrogens is 196 g/mol. The molecule has 3 heteroatoms. The van der Waals surface area contributed by atoms with Crippen LogP contribution >= 0.6 is 11.3 Å². The van der Waals surface area contributed by atoms with Crippen LogP contribution in [0.3, 0.4) is 0 Å². The summed E-state index contributed by atoms with van der Waals surface area (Å²) in [6.07, 6.45) is 0. The zero-order valence-corrected chi connectivity index (χ0v) is 9.39. The Balaban J connectivity index is 2.32. The Labute approximate surface area is 87.6 Å². The molecule has 0 radical (unpaired) electrons. The first-order valence-electron chi connectivity index (χ1n) is 4.73. The second-order valence-corrected chi connectivity index (χ2v) is 5.53. The number of carboxylic acid groups (broad SMARTS) is 1. The van der Waals surface area contributed by atoms with E-state index in [4.69, 9.17) is 5.11 Å². The van der Waals surface area contributed by atoms with Gasteiger partial charge in [0, 0.05) is 10.8 Å². The summed E-state index contributed by atoms with van der Waals surface area (Å²) >= 11 is 1.68. The molecule has 14 heavy (non-hydrogen) atoms. The van der Waals surface area contributed by atoms with Crippen LogP contribution in [-0.4, -0.2) is 11.1 Å². The van der Waals surface area contributed by atoms with Crippen molar-refractivity contribution in [1.82, 2.24) is 0 Å². The van der Waals surface area contributed by atoms with Gasteiger partial charge in [0.15, 0.2) is 0 Å². The van der Waals surface area contributed by atoms with Crippen LogP contribution < -0.4 is 0 Å². The zero-order chi connectivity index (χ0) is 10.5. The van der Waals surface area contributed by atoms with Crippen LogP contribution in [0.2, 0.25) is 0 Å². The molecule has 0 amide bonds. The van der Waals surface area contributed by atoms with Crippen molar-refractivity contribution in [3.63, 3.8) is 0 Å². The van der Waals surface area contributed by atoms with E-state index < -0.39 is 5.97 Å². The molecule has 76 valence electrons. The average Bonchev–Trinajstić information content (AvgIpc) is 2.42. The first-order chi connectivity index (χ1) is 6.46. The van der Waals surface area contributed by atoms with Gasteiger partial charge in [0.1, 0.15) is 0 Å². The molecule has 0 unspecified atom stereocenters. The third kappa shape index (κ3) is 1.19. The third-order valence-corrected chi connectivity index (χ3v) is 4.38. The molecule has 2 rings (SSSR count). The molecule has 1 aliphatic rings. The smallest absolute Gasteiger partial charge is 0.307 e. The van der Waals surface area contributed by atoms with Crippen LogP contribution in [0, 0.1) is 18.3 Å². The highest BCUT2D eigenvalue weighted by Gasteiger charge is 2.63. The summed E-state index contributed by atoms with van der Waals surface area (Å²) < 4.78 is 0.